The highest BCUT2D eigenvalue weighted by atomic mass is 16.2. The predicted octanol–water partition coefficient (Wildman–Crippen LogP) is 2.86. The third kappa shape index (κ3) is 2.83. The second kappa shape index (κ2) is 6.04. The molecule has 2 aliphatic rings. The average Bonchev–Trinajstić information content (AvgIpc) is 3.33. The van der Waals surface area contributed by atoms with Crippen LogP contribution < -0.4 is 0 Å². The first-order valence-corrected chi connectivity index (χ1v) is 8.87. The number of hydrogen-bond donors (Lipinski definition) is 0. The molecule has 1 aromatic heterocycles. The van der Waals surface area contributed by atoms with Crippen LogP contribution in [-0.2, 0) is 4.79 Å². The van der Waals surface area contributed by atoms with E-state index in [9.17, 15) is 4.79 Å². The summed E-state index contributed by atoms with van der Waals surface area (Å²) in [6, 6.07) is 10.7. The zero-order valence-corrected chi connectivity index (χ0v) is 14.4. The zero-order chi connectivity index (χ0) is 16.7. The van der Waals surface area contributed by atoms with E-state index in [0.29, 0.717) is 11.8 Å². The van der Waals surface area contributed by atoms with Gasteiger partial charge in [-0.1, -0.05) is 30.3 Å². The van der Waals surface area contributed by atoms with E-state index < -0.39 is 0 Å². The highest BCUT2D eigenvalue weighted by molar-refractivity contribution is 5.83. The van der Waals surface area contributed by atoms with Crippen LogP contribution in [0.15, 0.2) is 30.3 Å². The van der Waals surface area contributed by atoms with Gasteiger partial charge in [0.2, 0.25) is 5.91 Å². The van der Waals surface area contributed by atoms with Gasteiger partial charge in [0.25, 0.3) is 0 Å². The molecule has 3 atom stereocenters. The number of carbonyl (C=O) groups excluding carboxylic acids is 1. The summed E-state index contributed by atoms with van der Waals surface area (Å²) in [5.74, 6) is 2.66. The van der Waals surface area contributed by atoms with Crippen molar-refractivity contribution in [2.24, 2.45) is 5.92 Å². The molecule has 0 spiro atoms. The molecule has 4 rings (SSSR count). The number of aromatic nitrogens is 3. The Morgan fingerprint density at radius 3 is 2.71 bits per heavy atom. The van der Waals surface area contributed by atoms with Crippen molar-refractivity contribution in [3.8, 4) is 0 Å². The number of likely N-dealkylation sites (tertiary alicyclic amines) is 1. The van der Waals surface area contributed by atoms with Crippen LogP contribution in [0.3, 0.4) is 0 Å². The van der Waals surface area contributed by atoms with Crippen molar-refractivity contribution in [3.05, 3.63) is 47.5 Å². The Morgan fingerprint density at radius 1 is 1.21 bits per heavy atom. The standard InChI is InChI=1S/C19H24N4O/c1-13-20-14(2)23(21-13)16-9-6-10-22(12-16)19(24)18-11-17(18)15-7-4-3-5-8-15/h3-5,7-8,16-18H,6,9-12H2,1-2H3. The molecule has 1 saturated heterocycles. The molecular weight excluding hydrogens is 300 g/mol. The number of benzene rings is 1. The fraction of sp³-hybridized carbons (Fsp3) is 0.526. The van der Waals surface area contributed by atoms with E-state index in [4.69, 9.17) is 0 Å². The van der Waals surface area contributed by atoms with E-state index in [1.54, 1.807) is 0 Å². The number of amides is 1. The first kappa shape index (κ1) is 15.4. The second-order valence-corrected chi connectivity index (χ2v) is 7.09. The summed E-state index contributed by atoms with van der Waals surface area (Å²) in [6.07, 6.45) is 3.10. The normalized spacial score (nSPS) is 26.4. The van der Waals surface area contributed by atoms with Gasteiger partial charge >= 0.3 is 0 Å². The van der Waals surface area contributed by atoms with Gasteiger partial charge in [0.05, 0.1) is 6.04 Å². The lowest BCUT2D eigenvalue weighted by molar-refractivity contribution is -0.134. The van der Waals surface area contributed by atoms with Gasteiger partial charge in [-0.3, -0.25) is 4.79 Å². The molecule has 1 aliphatic carbocycles. The van der Waals surface area contributed by atoms with Gasteiger partial charge in [-0.2, -0.15) is 5.10 Å². The molecule has 1 amide bonds. The fourth-order valence-corrected chi connectivity index (χ4v) is 4.01. The Hall–Kier alpha value is -2.17. The van der Waals surface area contributed by atoms with Crippen molar-refractivity contribution in [3.63, 3.8) is 0 Å². The fourth-order valence-electron chi connectivity index (χ4n) is 4.01. The van der Waals surface area contributed by atoms with Crippen LogP contribution in [0.2, 0.25) is 0 Å². The maximum atomic E-state index is 12.9. The summed E-state index contributed by atoms with van der Waals surface area (Å²) in [5, 5.41) is 4.52. The Balaban J connectivity index is 1.43. The maximum Gasteiger partial charge on any atom is 0.226 e. The van der Waals surface area contributed by atoms with E-state index in [0.717, 1.165) is 44.0 Å². The number of nitrogens with zero attached hydrogens (tertiary/aromatic N) is 4. The zero-order valence-electron chi connectivity index (χ0n) is 14.4. The van der Waals surface area contributed by atoms with Crippen LogP contribution >= 0.6 is 0 Å². The van der Waals surface area contributed by atoms with Crippen molar-refractivity contribution < 1.29 is 4.79 Å². The molecule has 0 N–H and O–H groups in total. The van der Waals surface area contributed by atoms with Gasteiger partial charge in [0.15, 0.2) is 0 Å². The van der Waals surface area contributed by atoms with Crippen LogP contribution in [0.25, 0.3) is 0 Å². The van der Waals surface area contributed by atoms with Crippen molar-refractivity contribution >= 4 is 5.91 Å². The largest absolute Gasteiger partial charge is 0.340 e. The molecule has 5 heteroatoms. The van der Waals surface area contributed by atoms with Crippen LogP contribution in [0.4, 0.5) is 0 Å². The minimum absolute atomic E-state index is 0.171. The quantitative estimate of drug-likeness (QED) is 0.872. The molecule has 1 aromatic carbocycles. The molecule has 0 radical (unpaired) electrons. The Morgan fingerprint density at radius 2 is 2.00 bits per heavy atom. The predicted molar refractivity (Wildman–Crippen MR) is 91.6 cm³/mol. The lowest BCUT2D eigenvalue weighted by Gasteiger charge is -2.33. The smallest absolute Gasteiger partial charge is 0.226 e. The molecule has 1 saturated carbocycles. The van der Waals surface area contributed by atoms with Crippen molar-refractivity contribution in [2.75, 3.05) is 13.1 Å². The first-order chi connectivity index (χ1) is 11.6. The van der Waals surface area contributed by atoms with E-state index in [1.807, 2.05) is 24.6 Å². The van der Waals surface area contributed by atoms with Crippen molar-refractivity contribution in [1.29, 1.82) is 0 Å². The van der Waals surface area contributed by atoms with Gasteiger partial charge < -0.3 is 4.90 Å². The van der Waals surface area contributed by atoms with Gasteiger partial charge in [-0.15, -0.1) is 0 Å². The molecule has 126 valence electrons. The van der Waals surface area contributed by atoms with Crippen LogP contribution in [0.1, 0.15) is 48.4 Å². The summed E-state index contributed by atoms with van der Waals surface area (Å²) >= 11 is 0. The van der Waals surface area contributed by atoms with E-state index >= 15 is 0 Å². The first-order valence-electron chi connectivity index (χ1n) is 8.87. The lowest BCUT2D eigenvalue weighted by atomic mass is 10.0. The van der Waals surface area contributed by atoms with Gasteiger partial charge in [-0.05, 0) is 44.6 Å². The Labute approximate surface area is 142 Å². The highest BCUT2D eigenvalue weighted by Gasteiger charge is 2.46. The summed E-state index contributed by atoms with van der Waals surface area (Å²) in [7, 11) is 0. The van der Waals surface area contributed by atoms with E-state index in [1.165, 1.54) is 5.56 Å². The summed E-state index contributed by atoms with van der Waals surface area (Å²) < 4.78 is 2.01. The number of carbonyl (C=O) groups is 1. The number of hydrogen-bond acceptors (Lipinski definition) is 3. The third-order valence-corrected chi connectivity index (χ3v) is 5.30. The minimum Gasteiger partial charge on any atom is -0.340 e. The van der Waals surface area contributed by atoms with E-state index in [2.05, 4.69) is 39.2 Å². The Kier molecular flexibility index (Phi) is 3.87. The lowest BCUT2D eigenvalue weighted by Crippen LogP contribution is -2.42. The molecular formula is C19H24N4O. The molecule has 2 fully saturated rings. The molecule has 0 bridgehead atoms. The maximum absolute atomic E-state index is 12.9. The monoisotopic (exact) mass is 324 g/mol. The number of piperidine rings is 1. The second-order valence-electron chi connectivity index (χ2n) is 7.09. The molecule has 24 heavy (non-hydrogen) atoms. The topological polar surface area (TPSA) is 51.0 Å². The van der Waals surface area contributed by atoms with Gasteiger partial charge in [0, 0.05) is 19.0 Å². The van der Waals surface area contributed by atoms with Crippen LogP contribution in [0, 0.1) is 19.8 Å². The van der Waals surface area contributed by atoms with Gasteiger partial charge in [0.1, 0.15) is 11.6 Å². The summed E-state index contributed by atoms with van der Waals surface area (Å²) in [4.78, 5) is 19.3. The number of rotatable bonds is 3. The van der Waals surface area contributed by atoms with Crippen molar-refractivity contribution in [2.45, 2.75) is 45.1 Å². The van der Waals surface area contributed by atoms with Crippen LogP contribution in [-0.4, -0.2) is 38.7 Å². The molecule has 3 unspecified atom stereocenters. The highest BCUT2D eigenvalue weighted by Crippen LogP contribution is 2.48. The molecule has 2 heterocycles. The third-order valence-electron chi connectivity index (χ3n) is 5.30. The molecule has 5 nitrogen and oxygen atoms in total. The summed E-state index contributed by atoms with van der Waals surface area (Å²) in [5.41, 5.74) is 1.30. The van der Waals surface area contributed by atoms with Crippen LogP contribution in [0.5, 0.6) is 0 Å². The van der Waals surface area contributed by atoms with E-state index in [-0.39, 0.29) is 12.0 Å². The molecule has 2 aromatic rings. The minimum atomic E-state index is 0.171. The summed E-state index contributed by atoms with van der Waals surface area (Å²) in [6.45, 7) is 5.55. The SMILES string of the molecule is Cc1nc(C)n(C2CCCN(C(=O)C3CC3c3ccccc3)C2)n1. The molecule has 1 aliphatic heterocycles. The number of aryl methyl sites for hydroxylation is 2. The van der Waals surface area contributed by atoms with Crippen molar-refractivity contribution in [1.82, 2.24) is 19.7 Å². The Bertz CT molecular complexity index is 739. The average molecular weight is 324 g/mol. The van der Waals surface area contributed by atoms with Gasteiger partial charge in [-0.25, -0.2) is 9.67 Å².